The summed E-state index contributed by atoms with van der Waals surface area (Å²) in [6.07, 6.45) is 3.14. The Morgan fingerprint density at radius 1 is 1.17 bits per heavy atom. The number of hydrogen-bond acceptors (Lipinski definition) is 3. The van der Waals surface area contributed by atoms with Crippen LogP contribution in [0.15, 0.2) is 48.8 Å². The number of carbonyl (C=O) groups excluding carboxylic acids is 2. The van der Waals surface area contributed by atoms with Crippen molar-refractivity contribution in [2.24, 2.45) is 0 Å². The summed E-state index contributed by atoms with van der Waals surface area (Å²) in [4.78, 5) is 29.3. The molecule has 0 radical (unpaired) electrons. The molecule has 0 aliphatic carbocycles. The predicted molar refractivity (Wildman–Crippen MR) is 88.8 cm³/mol. The Kier molecular flexibility index (Phi) is 5.86. The van der Waals surface area contributed by atoms with Crippen molar-refractivity contribution in [1.29, 1.82) is 0 Å². The van der Waals surface area contributed by atoms with Gasteiger partial charge >= 0.3 is 0 Å². The van der Waals surface area contributed by atoms with Crippen LogP contribution >= 0.6 is 0 Å². The number of carbonyl (C=O) groups is 2. The zero-order valence-electron chi connectivity index (χ0n) is 13.5. The van der Waals surface area contributed by atoms with E-state index in [1.807, 2.05) is 31.2 Å². The van der Waals surface area contributed by atoms with Crippen LogP contribution in [0.5, 0.6) is 0 Å². The molecule has 0 spiro atoms. The Labute approximate surface area is 136 Å². The molecule has 2 aromatic rings. The maximum atomic E-state index is 11.9. The number of aromatic nitrogens is 1. The standard InChI is InChI=1S/C18H21N3O2/c1-14-5-7-16(8-6-14)13-21(15(2)22)11-10-20-18(23)17-4-3-9-19-12-17/h3-9,12H,10-11,13H2,1-2H3,(H,20,23). The summed E-state index contributed by atoms with van der Waals surface area (Å²) < 4.78 is 0. The number of rotatable bonds is 6. The molecule has 1 aromatic carbocycles. The minimum atomic E-state index is -0.183. The van der Waals surface area contributed by atoms with Crippen LogP contribution < -0.4 is 5.32 Å². The lowest BCUT2D eigenvalue weighted by atomic mass is 10.1. The van der Waals surface area contributed by atoms with E-state index in [1.165, 1.54) is 18.7 Å². The van der Waals surface area contributed by atoms with Gasteiger partial charge in [-0.05, 0) is 24.6 Å². The quantitative estimate of drug-likeness (QED) is 0.889. The zero-order valence-corrected chi connectivity index (χ0v) is 13.5. The fourth-order valence-corrected chi connectivity index (χ4v) is 2.17. The molecule has 0 bridgehead atoms. The number of aryl methyl sites for hydroxylation is 1. The van der Waals surface area contributed by atoms with Crippen LogP contribution in [-0.4, -0.2) is 34.8 Å². The van der Waals surface area contributed by atoms with E-state index in [4.69, 9.17) is 0 Å². The smallest absolute Gasteiger partial charge is 0.252 e. The molecular formula is C18H21N3O2. The lowest BCUT2D eigenvalue weighted by Gasteiger charge is -2.21. The second kappa shape index (κ2) is 8.08. The molecule has 0 fully saturated rings. The predicted octanol–water partition coefficient (Wildman–Crippen LogP) is 2.17. The molecule has 120 valence electrons. The highest BCUT2D eigenvalue weighted by Gasteiger charge is 2.10. The molecular weight excluding hydrogens is 290 g/mol. The topological polar surface area (TPSA) is 62.3 Å². The normalized spacial score (nSPS) is 10.2. The van der Waals surface area contributed by atoms with E-state index in [9.17, 15) is 9.59 Å². The number of hydrogen-bond donors (Lipinski definition) is 1. The maximum absolute atomic E-state index is 11.9. The van der Waals surface area contributed by atoms with Gasteiger partial charge in [0.15, 0.2) is 0 Å². The minimum Gasteiger partial charge on any atom is -0.350 e. The van der Waals surface area contributed by atoms with E-state index in [1.54, 1.807) is 23.2 Å². The molecule has 0 unspecified atom stereocenters. The minimum absolute atomic E-state index is 0.0128. The van der Waals surface area contributed by atoms with Crippen molar-refractivity contribution in [2.45, 2.75) is 20.4 Å². The molecule has 0 saturated heterocycles. The van der Waals surface area contributed by atoms with Gasteiger partial charge in [0.2, 0.25) is 5.91 Å². The lowest BCUT2D eigenvalue weighted by molar-refractivity contribution is -0.129. The largest absolute Gasteiger partial charge is 0.350 e. The maximum Gasteiger partial charge on any atom is 0.252 e. The Morgan fingerprint density at radius 2 is 1.91 bits per heavy atom. The lowest BCUT2D eigenvalue weighted by Crippen LogP contribution is -2.37. The third-order valence-electron chi connectivity index (χ3n) is 3.53. The second-order valence-corrected chi connectivity index (χ2v) is 5.42. The Bertz CT molecular complexity index is 654. The molecule has 23 heavy (non-hydrogen) atoms. The molecule has 5 heteroatoms. The average Bonchev–Trinajstić information content (AvgIpc) is 2.56. The number of benzene rings is 1. The van der Waals surface area contributed by atoms with E-state index in [2.05, 4.69) is 10.3 Å². The summed E-state index contributed by atoms with van der Waals surface area (Å²) in [7, 11) is 0. The molecule has 0 aliphatic rings. The van der Waals surface area contributed by atoms with E-state index in [0.717, 1.165) is 5.56 Å². The van der Waals surface area contributed by atoms with Crippen molar-refractivity contribution in [2.75, 3.05) is 13.1 Å². The highest BCUT2D eigenvalue weighted by Crippen LogP contribution is 2.07. The first-order valence-electron chi connectivity index (χ1n) is 7.55. The van der Waals surface area contributed by atoms with Crippen molar-refractivity contribution in [3.63, 3.8) is 0 Å². The second-order valence-electron chi connectivity index (χ2n) is 5.42. The van der Waals surface area contributed by atoms with Crippen molar-refractivity contribution in [3.8, 4) is 0 Å². The van der Waals surface area contributed by atoms with E-state index >= 15 is 0 Å². The molecule has 2 amide bonds. The van der Waals surface area contributed by atoms with Crippen LogP contribution in [0, 0.1) is 6.92 Å². The van der Waals surface area contributed by atoms with E-state index in [-0.39, 0.29) is 11.8 Å². The molecule has 1 heterocycles. The number of nitrogens with one attached hydrogen (secondary N) is 1. The Morgan fingerprint density at radius 3 is 2.52 bits per heavy atom. The zero-order chi connectivity index (χ0) is 16.7. The monoisotopic (exact) mass is 311 g/mol. The average molecular weight is 311 g/mol. The number of pyridine rings is 1. The third-order valence-corrected chi connectivity index (χ3v) is 3.53. The fourth-order valence-electron chi connectivity index (χ4n) is 2.17. The summed E-state index contributed by atoms with van der Waals surface area (Å²) in [5, 5.41) is 2.81. The first-order valence-corrected chi connectivity index (χ1v) is 7.55. The molecule has 1 N–H and O–H groups in total. The molecule has 0 saturated carbocycles. The third kappa shape index (κ3) is 5.21. The van der Waals surface area contributed by atoms with Gasteiger partial charge in [0.05, 0.1) is 5.56 Å². The first-order chi connectivity index (χ1) is 11.1. The Balaban J connectivity index is 1.86. The Hall–Kier alpha value is -2.69. The van der Waals surface area contributed by atoms with Gasteiger partial charge in [-0.2, -0.15) is 0 Å². The van der Waals surface area contributed by atoms with Crippen LogP contribution in [0.2, 0.25) is 0 Å². The van der Waals surface area contributed by atoms with E-state index in [0.29, 0.717) is 25.2 Å². The van der Waals surface area contributed by atoms with Gasteiger partial charge in [-0.3, -0.25) is 14.6 Å². The summed E-state index contributed by atoms with van der Waals surface area (Å²) in [5.41, 5.74) is 2.77. The molecule has 0 aliphatic heterocycles. The highest BCUT2D eigenvalue weighted by molar-refractivity contribution is 5.93. The van der Waals surface area contributed by atoms with Gasteiger partial charge in [0.1, 0.15) is 0 Å². The SMILES string of the molecule is CC(=O)N(CCNC(=O)c1cccnc1)Cc1ccc(C)cc1. The van der Waals surface area contributed by atoms with Crippen LogP contribution in [-0.2, 0) is 11.3 Å². The number of nitrogens with zero attached hydrogens (tertiary/aromatic N) is 2. The van der Waals surface area contributed by atoms with Crippen LogP contribution in [0.25, 0.3) is 0 Å². The molecule has 0 atom stereocenters. The van der Waals surface area contributed by atoms with Crippen molar-refractivity contribution >= 4 is 11.8 Å². The van der Waals surface area contributed by atoms with Crippen molar-refractivity contribution in [3.05, 3.63) is 65.5 Å². The molecule has 5 nitrogen and oxygen atoms in total. The number of amides is 2. The summed E-state index contributed by atoms with van der Waals surface area (Å²) in [5.74, 6) is -0.196. The summed E-state index contributed by atoms with van der Waals surface area (Å²) >= 11 is 0. The highest BCUT2D eigenvalue weighted by atomic mass is 16.2. The van der Waals surface area contributed by atoms with E-state index < -0.39 is 0 Å². The van der Waals surface area contributed by atoms with Crippen molar-refractivity contribution < 1.29 is 9.59 Å². The fraction of sp³-hybridized carbons (Fsp3) is 0.278. The summed E-state index contributed by atoms with van der Waals surface area (Å²) in [6.45, 7) is 4.98. The van der Waals surface area contributed by atoms with Gasteiger partial charge in [-0.15, -0.1) is 0 Å². The molecule has 1 aromatic heterocycles. The van der Waals surface area contributed by atoms with Crippen molar-refractivity contribution in [1.82, 2.24) is 15.2 Å². The van der Waals surface area contributed by atoms with Gasteiger partial charge in [-0.1, -0.05) is 29.8 Å². The van der Waals surface area contributed by atoms with Gasteiger partial charge < -0.3 is 10.2 Å². The van der Waals surface area contributed by atoms with Gasteiger partial charge in [0.25, 0.3) is 5.91 Å². The first kappa shape index (κ1) is 16.7. The molecule has 2 rings (SSSR count). The van der Waals surface area contributed by atoms with Gasteiger partial charge in [0, 0.05) is 39.0 Å². The van der Waals surface area contributed by atoms with Gasteiger partial charge in [-0.25, -0.2) is 0 Å². The van der Waals surface area contributed by atoms with Crippen LogP contribution in [0.3, 0.4) is 0 Å². The summed E-state index contributed by atoms with van der Waals surface area (Å²) in [6, 6.07) is 11.5. The van der Waals surface area contributed by atoms with Crippen LogP contribution in [0.4, 0.5) is 0 Å². The van der Waals surface area contributed by atoms with Crippen LogP contribution in [0.1, 0.15) is 28.4 Å².